The third-order valence-electron chi connectivity index (χ3n) is 4.40. The second kappa shape index (κ2) is 5.64. The van der Waals surface area contributed by atoms with Gasteiger partial charge in [0, 0.05) is 27.2 Å². The molecule has 2 aliphatic rings. The standard InChI is InChI=1S/C15H19NO3S/c1-19-11-5-6-14(16-9-11)15(17)10-7-12-3-2-4-13(8-10)20(12)18/h5-6,9-10,12-13H,2-4,7-8H2,1H3. The minimum Gasteiger partial charge on any atom is -0.495 e. The third kappa shape index (κ3) is 2.51. The van der Waals surface area contributed by atoms with E-state index in [0.717, 1.165) is 32.1 Å². The molecule has 0 spiro atoms. The van der Waals surface area contributed by atoms with E-state index in [1.165, 1.54) is 0 Å². The molecule has 4 nitrogen and oxygen atoms in total. The van der Waals surface area contributed by atoms with Crippen LogP contribution in [0.1, 0.15) is 42.6 Å². The maximum atomic E-state index is 12.5. The van der Waals surface area contributed by atoms with Crippen molar-refractivity contribution in [2.45, 2.75) is 42.6 Å². The van der Waals surface area contributed by atoms with Crippen molar-refractivity contribution in [1.29, 1.82) is 0 Å². The smallest absolute Gasteiger partial charge is 0.184 e. The van der Waals surface area contributed by atoms with Crippen molar-refractivity contribution in [3.8, 4) is 5.75 Å². The Bertz CT molecular complexity index is 512. The molecule has 2 unspecified atom stereocenters. The van der Waals surface area contributed by atoms with Crippen molar-refractivity contribution in [3.05, 3.63) is 24.0 Å². The topological polar surface area (TPSA) is 56.3 Å². The van der Waals surface area contributed by atoms with E-state index in [4.69, 9.17) is 4.74 Å². The van der Waals surface area contributed by atoms with Crippen molar-refractivity contribution in [1.82, 2.24) is 4.98 Å². The zero-order valence-corrected chi connectivity index (χ0v) is 12.4. The second-order valence-corrected chi connectivity index (χ2v) is 7.61. The summed E-state index contributed by atoms with van der Waals surface area (Å²) >= 11 is 0. The van der Waals surface area contributed by atoms with Gasteiger partial charge in [-0.15, -0.1) is 0 Å². The highest BCUT2D eigenvalue weighted by Gasteiger charge is 2.40. The Morgan fingerprint density at radius 1 is 1.30 bits per heavy atom. The molecule has 1 aromatic rings. The molecule has 20 heavy (non-hydrogen) atoms. The fraction of sp³-hybridized carbons (Fsp3) is 0.600. The van der Waals surface area contributed by atoms with E-state index in [9.17, 15) is 9.00 Å². The molecule has 2 fully saturated rings. The van der Waals surface area contributed by atoms with Crippen LogP contribution in [0.15, 0.2) is 18.3 Å². The number of aromatic nitrogens is 1. The SMILES string of the molecule is COc1ccc(C(=O)C2CC3CCCC(C2)S3=O)nc1. The molecule has 5 heteroatoms. The number of carbonyl (C=O) groups is 1. The fourth-order valence-electron chi connectivity index (χ4n) is 3.30. The molecule has 0 aromatic carbocycles. The molecule has 2 saturated heterocycles. The van der Waals surface area contributed by atoms with Crippen molar-refractivity contribution >= 4 is 16.6 Å². The fourth-order valence-corrected chi connectivity index (χ4v) is 5.49. The molecule has 3 heterocycles. The number of ether oxygens (including phenoxy) is 1. The monoisotopic (exact) mass is 293 g/mol. The van der Waals surface area contributed by atoms with Gasteiger partial charge in [-0.25, -0.2) is 4.98 Å². The van der Waals surface area contributed by atoms with Gasteiger partial charge in [0.15, 0.2) is 5.78 Å². The molecule has 2 aliphatic heterocycles. The highest BCUT2D eigenvalue weighted by molar-refractivity contribution is 7.86. The van der Waals surface area contributed by atoms with E-state index in [-0.39, 0.29) is 22.2 Å². The van der Waals surface area contributed by atoms with Gasteiger partial charge in [-0.3, -0.25) is 9.00 Å². The largest absolute Gasteiger partial charge is 0.495 e. The summed E-state index contributed by atoms with van der Waals surface area (Å²) in [5.74, 6) is 0.744. The van der Waals surface area contributed by atoms with Gasteiger partial charge in [-0.1, -0.05) is 6.42 Å². The lowest BCUT2D eigenvalue weighted by Crippen LogP contribution is -2.41. The molecule has 2 atom stereocenters. The molecule has 0 amide bonds. The van der Waals surface area contributed by atoms with Gasteiger partial charge in [0.1, 0.15) is 11.4 Å². The van der Waals surface area contributed by atoms with Crippen molar-refractivity contribution in [3.63, 3.8) is 0 Å². The number of hydrogen-bond acceptors (Lipinski definition) is 4. The Balaban J connectivity index is 1.75. The van der Waals surface area contributed by atoms with Crippen LogP contribution in [0, 0.1) is 5.92 Å². The molecule has 3 rings (SSSR count). The van der Waals surface area contributed by atoms with Gasteiger partial charge in [0.25, 0.3) is 0 Å². The number of rotatable bonds is 3. The summed E-state index contributed by atoms with van der Waals surface area (Å²) in [6.07, 6.45) is 6.26. The average Bonchev–Trinajstić information content (AvgIpc) is 2.46. The predicted molar refractivity (Wildman–Crippen MR) is 77.4 cm³/mol. The van der Waals surface area contributed by atoms with Crippen molar-refractivity contribution in [2.24, 2.45) is 5.92 Å². The van der Waals surface area contributed by atoms with Crippen LogP contribution in [0.3, 0.4) is 0 Å². The first kappa shape index (κ1) is 13.7. The van der Waals surface area contributed by atoms with Crippen LogP contribution in [-0.4, -0.2) is 32.6 Å². The number of fused-ring (bicyclic) bond motifs is 2. The Labute approximate surface area is 121 Å². The first-order chi connectivity index (χ1) is 9.69. The summed E-state index contributed by atoms with van der Waals surface area (Å²) in [4.78, 5) is 16.7. The molecule has 0 aliphatic carbocycles. The second-order valence-electron chi connectivity index (χ2n) is 5.62. The third-order valence-corrected chi connectivity index (χ3v) is 6.57. The lowest BCUT2D eigenvalue weighted by molar-refractivity contribution is 0.0890. The van der Waals surface area contributed by atoms with Gasteiger partial charge >= 0.3 is 0 Å². The summed E-state index contributed by atoms with van der Waals surface area (Å²) in [6.45, 7) is 0. The lowest BCUT2D eigenvalue weighted by Gasteiger charge is -2.37. The quantitative estimate of drug-likeness (QED) is 0.803. The molecular weight excluding hydrogens is 274 g/mol. The lowest BCUT2D eigenvalue weighted by atomic mass is 9.85. The number of pyridine rings is 1. The van der Waals surface area contributed by atoms with Gasteiger partial charge < -0.3 is 4.74 Å². The number of methoxy groups -OCH3 is 1. The van der Waals surface area contributed by atoms with E-state index in [1.54, 1.807) is 25.4 Å². The Kier molecular flexibility index (Phi) is 3.87. The van der Waals surface area contributed by atoms with E-state index in [0.29, 0.717) is 11.4 Å². The summed E-state index contributed by atoms with van der Waals surface area (Å²) in [7, 11) is 0.852. The Morgan fingerprint density at radius 2 is 2.00 bits per heavy atom. The van der Waals surface area contributed by atoms with E-state index >= 15 is 0 Å². The van der Waals surface area contributed by atoms with Crippen LogP contribution in [0.5, 0.6) is 5.75 Å². The predicted octanol–water partition coefficient (Wildman–Crippen LogP) is 2.35. The van der Waals surface area contributed by atoms with Gasteiger partial charge in [-0.05, 0) is 37.8 Å². The van der Waals surface area contributed by atoms with Gasteiger partial charge in [0.2, 0.25) is 0 Å². The Hall–Kier alpha value is -1.23. The van der Waals surface area contributed by atoms with Gasteiger partial charge in [0.05, 0.1) is 13.3 Å². The highest BCUT2D eigenvalue weighted by atomic mass is 32.2. The van der Waals surface area contributed by atoms with Crippen LogP contribution < -0.4 is 4.74 Å². The number of Topliss-reactive ketones (excluding diaryl/α,β-unsaturated/α-hetero) is 1. The molecule has 1 aromatic heterocycles. The maximum Gasteiger partial charge on any atom is 0.184 e. The first-order valence-electron chi connectivity index (χ1n) is 7.12. The summed E-state index contributed by atoms with van der Waals surface area (Å²) in [6, 6.07) is 3.49. The van der Waals surface area contributed by atoms with E-state index in [1.807, 2.05) is 0 Å². The van der Waals surface area contributed by atoms with Crippen LogP contribution in [0.25, 0.3) is 0 Å². The molecular formula is C15H19NO3S. The average molecular weight is 293 g/mol. The van der Waals surface area contributed by atoms with E-state index < -0.39 is 10.8 Å². The van der Waals surface area contributed by atoms with Crippen LogP contribution in [-0.2, 0) is 10.8 Å². The summed E-state index contributed by atoms with van der Waals surface area (Å²) < 4.78 is 17.2. The highest BCUT2D eigenvalue weighted by Crippen LogP contribution is 2.38. The zero-order valence-electron chi connectivity index (χ0n) is 11.6. The number of hydrogen-bond donors (Lipinski definition) is 0. The van der Waals surface area contributed by atoms with Crippen LogP contribution in [0.2, 0.25) is 0 Å². The Morgan fingerprint density at radius 3 is 2.55 bits per heavy atom. The zero-order chi connectivity index (χ0) is 14.1. The minimum absolute atomic E-state index is 0.0103. The molecule has 108 valence electrons. The van der Waals surface area contributed by atoms with E-state index in [2.05, 4.69) is 4.98 Å². The van der Waals surface area contributed by atoms with Gasteiger partial charge in [-0.2, -0.15) is 0 Å². The molecule has 2 bridgehead atoms. The molecule has 0 radical (unpaired) electrons. The number of carbonyl (C=O) groups excluding carboxylic acids is 1. The number of nitrogens with zero attached hydrogens (tertiary/aromatic N) is 1. The molecule has 0 N–H and O–H groups in total. The first-order valence-corrected chi connectivity index (χ1v) is 8.40. The summed E-state index contributed by atoms with van der Waals surface area (Å²) in [5.41, 5.74) is 0.501. The minimum atomic E-state index is -0.727. The van der Waals surface area contributed by atoms with Crippen molar-refractivity contribution < 1.29 is 13.7 Å². The van der Waals surface area contributed by atoms with Crippen molar-refractivity contribution in [2.75, 3.05) is 7.11 Å². The number of ketones is 1. The molecule has 0 saturated carbocycles. The van der Waals surface area contributed by atoms with Crippen LogP contribution >= 0.6 is 0 Å². The maximum absolute atomic E-state index is 12.5. The summed E-state index contributed by atoms with van der Waals surface area (Å²) in [5, 5.41) is 0.435. The van der Waals surface area contributed by atoms with Crippen LogP contribution in [0.4, 0.5) is 0 Å². The normalized spacial score (nSPS) is 32.6.